The number of carbonyl (C=O) groups excluding carboxylic acids is 1. The Labute approximate surface area is 144 Å². The summed E-state index contributed by atoms with van der Waals surface area (Å²) >= 11 is 0. The summed E-state index contributed by atoms with van der Waals surface area (Å²) in [6, 6.07) is 5.38. The number of hydrogen-bond acceptors (Lipinski definition) is 4. The molecule has 0 aromatic heterocycles. The molecule has 0 atom stereocenters. The van der Waals surface area contributed by atoms with Crippen LogP contribution in [0, 0.1) is 19.8 Å². The molecule has 1 heterocycles. The molecule has 1 fully saturated rings. The average molecular weight is 353 g/mol. The molecule has 1 aromatic carbocycles. The fraction of sp³-hybridized carbons (Fsp3) is 0.588. The molecule has 1 aliphatic rings. The zero-order valence-electron chi connectivity index (χ0n) is 14.6. The third kappa shape index (κ3) is 4.34. The van der Waals surface area contributed by atoms with Crippen molar-refractivity contribution in [1.82, 2.24) is 14.9 Å². The van der Waals surface area contributed by atoms with Crippen LogP contribution >= 0.6 is 0 Å². The Morgan fingerprint density at radius 3 is 2.46 bits per heavy atom. The number of amides is 1. The minimum Gasteiger partial charge on any atom is -0.355 e. The average Bonchev–Trinajstić information content (AvgIpc) is 2.54. The molecule has 0 spiro atoms. The second-order valence-corrected chi connectivity index (χ2v) is 8.25. The predicted octanol–water partition coefficient (Wildman–Crippen LogP) is 1.04. The maximum Gasteiger partial charge on any atom is 0.243 e. The van der Waals surface area contributed by atoms with Crippen LogP contribution in [-0.4, -0.2) is 51.9 Å². The van der Waals surface area contributed by atoms with Crippen LogP contribution in [0.3, 0.4) is 0 Å². The van der Waals surface area contributed by atoms with Crippen molar-refractivity contribution in [3.63, 3.8) is 0 Å². The number of sulfonamides is 1. The summed E-state index contributed by atoms with van der Waals surface area (Å²) in [4.78, 5) is 12.4. The summed E-state index contributed by atoms with van der Waals surface area (Å²) in [5.41, 5.74) is 1.81. The van der Waals surface area contributed by atoms with Crippen molar-refractivity contribution in [3.05, 3.63) is 29.3 Å². The lowest BCUT2D eigenvalue weighted by atomic mass is 9.97. The van der Waals surface area contributed by atoms with Crippen molar-refractivity contribution in [2.75, 3.05) is 33.2 Å². The number of nitrogens with one attached hydrogen (secondary N) is 2. The van der Waals surface area contributed by atoms with Gasteiger partial charge in [0.25, 0.3) is 0 Å². The van der Waals surface area contributed by atoms with E-state index < -0.39 is 10.0 Å². The van der Waals surface area contributed by atoms with E-state index in [-0.39, 0.29) is 11.8 Å². The van der Waals surface area contributed by atoms with Gasteiger partial charge in [-0.3, -0.25) is 4.79 Å². The largest absolute Gasteiger partial charge is 0.355 e. The Balaban J connectivity index is 1.99. The second-order valence-electron chi connectivity index (χ2n) is 6.34. The fourth-order valence-electron chi connectivity index (χ4n) is 3.04. The van der Waals surface area contributed by atoms with Crippen LogP contribution in [0.15, 0.2) is 23.1 Å². The quantitative estimate of drug-likeness (QED) is 0.749. The highest BCUT2D eigenvalue weighted by Gasteiger charge is 2.32. The van der Waals surface area contributed by atoms with Gasteiger partial charge in [-0.15, -0.1) is 0 Å². The van der Waals surface area contributed by atoms with Crippen molar-refractivity contribution in [3.8, 4) is 0 Å². The number of benzene rings is 1. The minimum absolute atomic E-state index is 0.0221. The zero-order chi connectivity index (χ0) is 17.7. The SMILES string of the molecule is CNCCNC(=O)C1CCN(S(=O)(=O)c2ccc(C)cc2C)CC1. The van der Waals surface area contributed by atoms with Gasteiger partial charge in [0.15, 0.2) is 0 Å². The molecule has 0 saturated carbocycles. The third-order valence-corrected chi connectivity index (χ3v) is 6.51. The van der Waals surface area contributed by atoms with E-state index in [1.807, 2.05) is 33.0 Å². The van der Waals surface area contributed by atoms with E-state index in [0.29, 0.717) is 37.4 Å². The van der Waals surface area contributed by atoms with Crippen LogP contribution in [0.4, 0.5) is 0 Å². The molecule has 0 bridgehead atoms. The van der Waals surface area contributed by atoms with E-state index >= 15 is 0 Å². The molecule has 0 aliphatic carbocycles. The smallest absolute Gasteiger partial charge is 0.243 e. The highest BCUT2D eigenvalue weighted by Crippen LogP contribution is 2.26. The molecule has 2 rings (SSSR count). The highest BCUT2D eigenvalue weighted by molar-refractivity contribution is 7.89. The molecule has 134 valence electrons. The number of aryl methyl sites for hydroxylation is 2. The zero-order valence-corrected chi connectivity index (χ0v) is 15.4. The molecule has 0 radical (unpaired) electrons. The minimum atomic E-state index is -3.49. The summed E-state index contributed by atoms with van der Waals surface area (Å²) in [6.07, 6.45) is 1.13. The maximum atomic E-state index is 12.8. The first kappa shape index (κ1) is 18.9. The predicted molar refractivity (Wildman–Crippen MR) is 94.3 cm³/mol. The van der Waals surface area contributed by atoms with Gasteiger partial charge in [0, 0.05) is 32.1 Å². The maximum absolute atomic E-state index is 12.8. The molecular formula is C17H27N3O3S. The van der Waals surface area contributed by atoms with Crippen LogP contribution in [-0.2, 0) is 14.8 Å². The van der Waals surface area contributed by atoms with Crippen molar-refractivity contribution in [1.29, 1.82) is 0 Å². The second kappa shape index (κ2) is 8.09. The molecule has 2 N–H and O–H groups in total. The third-order valence-electron chi connectivity index (χ3n) is 4.45. The lowest BCUT2D eigenvalue weighted by molar-refractivity contribution is -0.126. The van der Waals surface area contributed by atoms with Gasteiger partial charge in [-0.25, -0.2) is 8.42 Å². The topological polar surface area (TPSA) is 78.5 Å². The van der Waals surface area contributed by atoms with Crippen LogP contribution < -0.4 is 10.6 Å². The summed E-state index contributed by atoms with van der Waals surface area (Å²) in [6.45, 7) is 5.87. The molecule has 7 heteroatoms. The van der Waals surface area contributed by atoms with E-state index in [2.05, 4.69) is 10.6 Å². The fourth-order valence-corrected chi connectivity index (χ4v) is 4.72. The van der Waals surface area contributed by atoms with Gasteiger partial charge in [0.05, 0.1) is 4.90 Å². The normalized spacial score (nSPS) is 17.0. The van der Waals surface area contributed by atoms with Crippen LogP contribution in [0.2, 0.25) is 0 Å². The molecule has 0 unspecified atom stereocenters. The lowest BCUT2D eigenvalue weighted by Gasteiger charge is -2.31. The van der Waals surface area contributed by atoms with Gasteiger partial charge in [0.2, 0.25) is 15.9 Å². The number of likely N-dealkylation sites (N-methyl/N-ethyl adjacent to an activating group) is 1. The van der Waals surface area contributed by atoms with Crippen LogP contribution in [0.1, 0.15) is 24.0 Å². The first-order chi connectivity index (χ1) is 11.4. The van der Waals surface area contributed by atoms with E-state index in [0.717, 1.165) is 17.7 Å². The molecule has 1 amide bonds. The lowest BCUT2D eigenvalue weighted by Crippen LogP contribution is -2.44. The van der Waals surface area contributed by atoms with Gasteiger partial charge in [-0.1, -0.05) is 17.7 Å². The van der Waals surface area contributed by atoms with Crippen LogP contribution in [0.5, 0.6) is 0 Å². The van der Waals surface area contributed by atoms with Crippen molar-refractivity contribution < 1.29 is 13.2 Å². The summed E-state index contributed by atoms with van der Waals surface area (Å²) in [7, 11) is -1.65. The molecule has 1 saturated heterocycles. The number of hydrogen-bond donors (Lipinski definition) is 2. The number of nitrogens with zero attached hydrogens (tertiary/aromatic N) is 1. The monoisotopic (exact) mass is 353 g/mol. The Hall–Kier alpha value is -1.44. The number of carbonyl (C=O) groups is 1. The van der Waals surface area contributed by atoms with E-state index in [1.165, 1.54) is 4.31 Å². The molecule has 6 nitrogen and oxygen atoms in total. The molecule has 1 aromatic rings. The van der Waals surface area contributed by atoms with Crippen LogP contribution in [0.25, 0.3) is 0 Å². The van der Waals surface area contributed by atoms with Gasteiger partial charge in [0.1, 0.15) is 0 Å². The van der Waals surface area contributed by atoms with Gasteiger partial charge < -0.3 is 10.6 Å². The molecule has 1 aliphatic heterocycles. The van der Waals surface area contributed by atoms with Crippen molar-refractivity contribution in [2.24, 2.45) is 5.92 Å². The number of piperidine rings is 1. The van der Waals surface area contributed by atoms with Crippen molar-refractivity contribution >= 4 is 15.9 Å². The van der Waals surface area contributed by atoms with Gasteiger partial charge >= 0.3 is 0 Å². The van der Waals surface area contributed by atoms with Crippen molar-refractivity contribution in [2.45, 2.75) is 31.6 Å². The van der Waals surface area contributed by atoms with Gasteiger partial charge in [-0.05, 0) is 45.4 Å². The van der Waals surface area contributed by atoms with E-state index in [4.69, 9.17) is 0 Å². The Morgan fingerprint density at radius 1 is 1.21 bits per heavy atom. The highest BCUT2D eigenvalue weighted by atomic mass is 32.2. The Bertz CT molecular complexity index is 680. The van der Waals surface area contributed by atoms with E-state index in [1.54, 1.807) is 6.07 Å². The van der Waals surface area contributed by atoms with E-state index in [9.17, 15) is 13.2 Å². The standard InChI is InChI=1S/C17H27N3O3S/c1-13-4-5-16(14(2)12-13)24(22,23)20-10-6-15(7-11-20)17(21)19-9-8-18-3/h4-5,12,15,18H,6-11H2,1-3H3,(H,19,21). The Kier molecular flexibility index (Phi) is 6.37. The first-order valence-corrected chi connectivity index (χ1v) is 9.80. The Morgan fingerprint density at radius 2 is 1.88 bits per heavy atom. The molecular weight excluding hydrogens is 326 g/mol. The molecule has 24 heavy (non-hydrogen) atoms. The summed E-state index contributed by atoms with van der Waals surface area (Å²) in [5, 5.41) is 5.86. The number of rotatable bonds is 6. The summed E-state index contributed by atoms with van der Waals surface area (Å²) < 4.78 is 27.1. The summed E-state index contributed by atoms with van der Waals surface area (Å²) in [5.74, 6) is -0.0822. The van der Waals surface area contributed by atoms with Gasteiger partial charge in [-0.2, -0.15) is 4.31 Å². The first-order valence-electron chi connectivity index (χ1n) is 8.36.